The van der Waals surface area contributed by atoms with E-state index in [2.05, 4.69) is 0 Å². The lowest BCUT2D eigenvalue weighted by molar-refractivity contribution is -0.143. The lowest BCUT2D eigenvalue weighted by Gasteiger charge is -2.31. The van der Waals surface area contributed by atoms with Crippen molar-refractivity contribution in [3.05, 3.63) is 106 Å². The number of rotatable bonds is 7. The molecular formula is C35H28F7NO5. The number of fused-ring (bicyclic) bond motifs is 3. The Labute approximate surface area is 269 Å². The van der Waals surface area contributed by atoms with Crippen LogP contribution in [0.3, 0.4) is 0 Å². The van der Waals surface area contributed by atoms with Crippen molar-refractivity contribution in [1.29, 1.82) is 0 Å². The van der Waals surface area contributed by atoms with Crippen LogP contribution >= 0.6 is 0 Å². The summed E-state index contributed by atoms with van der Waals surface area (Å²) in [7, 11) is 0. The molecular weight excluding hydrogens is 647 g/mol. The summed E-state index contributed by atoms with van der Waals surface area (Å²) in [5.41, 5.74) is -1.01. The molecule has 0 bridgehead atoms. The third-order valence-electron chi connectivity index (χ3n) is 9.16. The zero-order valence-corrected chi connectivity index (χ0v) is 25.0. The van der Waals surface area contributed by atoms with Crippen LogP contribution in [-0.4, -0.2) is 41.3 Å². The molecule has 6 nitrogen and oxygen atoms in total. The molecule has 252 valence electrons. The van der Waals surface area contributed by atoms with Crippen molar-refractivity contribution in [2.75, 3.05) is 18.1 Å². The van der Waals surface area contributed by atoms with Gasteiger partial charge in [-0.2, -0.15) is 26.3 Å². The molecule has 3 aliphatic rings. The van der Waals surface area contributed by atoms with Crippen LogP contribution < -0.4 is 4.90 Å². The molecule has 2 heterocycles. The smallest absolute Gasteiger partial charge is 0.416 e. The highest BCUT2D eigenvalue weighted by Crippen LogP contribution is 2.51. The number of allylic oxidation sites excluding steroid dienone is 1. The van der Waals surface area contributed by atoms with Crippen molar-refractivity contribution in [3.63, 3.8) is 0 Å². The number of halogens is 7. The van der Waals surface area contributed by atoms with E-state index >= 15 is 0 Å². The number of aliphatic hydroxyl groups is 1. The van der Waals surface area contributed by atoms with Gasteiger partial charge in [-0.3, -0.25) is 9.59 Å². The van der Waals surface area contributed by atoms with Gasteiger partial charge in [-0.1, -0.05) is 42.5 Å². The Morgan fingerprint density at radius 1 is 0.896 bits per heavy atom. The van der Waals surface area contributed by atoms with E-state index < -0.39 is 83.0 Å². The highest BCUT2D eigenvalue weighted by molar-refractivity contribution is 6.22. The maximum Gasteiger partial charge on any atom is 0.416 e. The zero-order chi connectivity index (χ0) is 34.5. The predicted molar refractivity (Wildman–Crippen MR) is 159 cm³/mol. The third-order valence-corrected chi connectivity index (χ3v) is 9.16. The Bertz CT molecular complexity index is 1780. The van der Waals surface area contributed by atoms with E-state index in [0.717, 1.165) is 11.1 Å². The van der Waals surface area contributed by atoms with E-state index in [1.807, 2.05) is 30.3 Å². The first-order valence-electron chi connectivity index (χ1n) is 15.0. The van der Waals surface area contributed by atoms with E-state index in [-0.39, 0.29) is 19.1 Å². The molecule has 3 aromatic rings. The molecule has 0 spiro atoms. The molecule has 13 heteroatoms. The number of aromatic hydroxyl groups is 1. The first-order chi connectivity index (χ1) is 22.7. The van der Waals surface area contributed by atoms with Crippen molar-refractivity contribution in [2.45, 2.75) is 37.7 Å². The van der Waals surface area contributed by atoms with Gasteiger partial charge in [0.1, 0.15) is 0 Å². The van der Waals surface area contributed by atoms with E-state index in [0.29, 0.717) is 46.6 Å². The summed E-state index contributed by atoms with van der Waals surface area (Å²) >= 11 is 0. The van der Waals surface area contributed by atoms with Gasteiger partial charge >= 0.3 is 12.4 Å². The zero-order valence-electron chi connectivity index (χ0n) is 25.0. The molecule has 0 unspecified atom stereocenters. The summed E-state index contributed by atoms with van der Waals surface area (Å²) in [6.45, 7) is -0.548. The monoisotopic (exact) mass is 675 g/mol. The minimum Gasteiger partial charge on any atom is -0.505 e. The third kappa shape index (κ3) is 6.24. The molecule has 2 saturated heterocycles. The van der Waals surface area contributed by atoms with Crippen LogP contribution in [0.25, 0.3) is 11.6 Å². The second kappa shape index (κ2) is 12.5. The number of carbonyl (C=O) groups is 2. The second-order valence-corrected chi connectivity index (χ2v) is 12.0. The summed E-state index contributed by atoms with van der Waals surface area (Å²) < 4.78 is 102. The number of nitrogens with zero attached hydrogens (tertiary/aromatic N) is 1. The van der Waals surface area contributed by atoms with Crippen molar-refractivity contribution in [2.24, 2.45) is 17.8 Å². The minimum absolute atomic E-state index is 0.0541. The summed E-state index contributed by atoms with van der Waals surface area (Å²) in [4.78, 5) is 27.7. The van der Waals surface area contributed by atoms with E-state index in [4.69, 9.17) is 4.74 Å². The predicted octanol–water partition coefficient (Wildman–Crippen LogP) is 7.40. The van der Waals surface area contributed by atoms with Crippen molar-refractivity contribution in [3.8, 4) is 5.75 Å². The molecule has 0 saturated carbocycles. The van der Waals surface area contributed by atoms with Gasteiger partial charge in [0.15, 0.2) is 11.6 Å². The number of anilines is 1. The van der Waals surface area contributed by atoms with Gasteiger partial charge in [-0.25, -0.2) is 9.29 Å². The topological polar surface area (TPSA) is 87.1 Å². The number of benzene rings is 3. The number of hydrogen-bond acceptors (Lipinski definition) is 5. The summed E-state index contributed by atoms with van der Waals surface area (Å²) in [5, 5.41) is 19.9. The van der Waals surface area contributed by atoms with Gasteiger partial charge in [0.2, 0.25) is 11.8 Å². The maximum absolute atomic E-state index is 14.1. The number of aliphatic hydroxyl groups excluding tert-OH is 1. The molecule has 3 aromatic carbocycles. The normalized spacial score (nSPS) is 23.2. The fourth-order valence-corrected chi connectivity index (χ4v) is 6.99. The van der Waals surface area contributed by atoms with Crippen LogP contribution in [0.2, 0.25) is 0 Å². The number of phenolic OH excluding ortho intramolecular Hbond substituents is 1. The lowest BCUT2D eigenvalue weighted by atomic mass is 9.69. The van der Waals surface area contributed by atoms with Crippen molar-refractivity contribution in [1.82, 2.24) is 0 Å². The number of ether oxygens (including phenoxy) is 1. The van der Waals surface area contributed by atoms with Crippen LogP contribution in [-0.2, 0) is 26.7 Å². The molecule has 2 fully saturated rings. The van der Waals surface area contributed by atoms with Gasteiger partial charge in [0.05, 0.1) is 48.0 Å². The van der Waals surface area contributed by atoms with Crippen molar-refractivity contribution >= 4 is 29.2 Å². The number of imide groups is 1. The van der Waals surface area contributed by atoms with Gasteiger partial charge in [0.25, 0.3) is 0 Å². The number of amides is 2. The Balaban J connectivity index is 1.29. The summed E-state index contributed by atoms with van der Waals surface area (Å²) in [6, 6.07) is 13.8. The minimum atomic E-state index is -5.18. The van der Waals surface area contributed by atoms with E-state index in [9.17, 15) is 50.5 Å². The molecule has 2 N–H and O–H groups in total. The average molecular weight is 676 g/mol. The van der Waals surface area contributed by atoms with E-state index in [1.165, 1.54) is 12.1 Å². The van der Waals surface area contributed by atoms with Crippen LogP contribution in [0.5, 0.6) is 5.75 Å². The molecule has 2 aliphatic heterocycles. The molecule has 4 atom stereocenters. The number of alkyl halides is 6. The van der Waals surface area contributed by atoms with Gasteiger partial charge in [-0.05, 0) is 77.4 Å². The number of carbonyl (C=O) groups excluding carboxylic acids is 2. The molecule has 0 aromatic heterocycles. The quantitative estimate of drug-likeness (QED) is 0.118. The highest BCUT2D eigenvalue weighted by Gasteiger charge is 2.57. The van der Waals surface area contributed by atoms with Gasteiger partial charge < -0.3 is 14.9 Å². The highest BCUT2D eigenvalue weighted by atomic mass is 19.4. The fourth-order valence-electron chi connectivity index (χ4n) is 6.99. The summed E-state index contributed by atoms with van der Waals surface area (Å²) in [6.07, 6.45) is -8.63. The second-order valence-electron chi connectivity index (χ2n) is 12.0. The largest absolute Gasteiger partial charge is 0.505 e. The van der Waals surface area contributed by atoms with Gasteiger partial charge in [0, 0.05) is 5.92 Å². The van der Waals surface area contributed by atoms with Crippen LogP contribution in [0.15, 0.2) is 77.9 Å². The lowest BCUT2D eigenvalue weighted by Crippen LogP contribution is -2.35. The summed E-state index contributed by atoms with van der Waals surface area (Å²) in [5.74, 6) is -6.12. The SMILES string of the molecule is O=C1[C@@H]2[C@@H](CC(CO)=C3[C@@H](CC/C(=C/c4ccc(O)c(F)c4)c4ccccc4)OC[C@@H]32)C(=O)N1c1cc(C(F)(F)F)cc(C(F)(F)F)c1. The van der Waals surface area contributed by atoms with Crippen LogP contribution in [0.1, 0.15) is 41.5 Å². The Morgan fingerprint density at radius 2 is 1.56 bits per heavy atom. The van der Waals surface area contributed by atoms with Crippen molar-refractivity contribution < 1.29 is 55.3 Å². The fraction of sp³-hybridized carbons (Fsp3) is 0.314. The van der Waals surface area contributed by atoms with Crippen LogP contribution in [0, 0.1) is 23.6 Å². The van der Waals surface area contributed by atoms with Gasteiger partial charge in [-0.15, -0.1) is 0 Å². The maximum atomic E-state index is 14.1. The van der Waals surface area contributed by atoms with E-state index in [1.54, 1.807) is 12.1 Å². The standard InChI is InChI=1S/C35H28F7NO5/c36-27-11-18(6-8-28(27)45)10-20(19-4-2-1-3-5-19)7-9-29-30-21(16-44)12-25-31(26(30)17-48-29)33(47)43(32(25)46)24-14-22(34(37,38)39)13-23(15-24)35(40,41)42/h1-6,8,10-11,13-15,25-26,29,31,44-45H,7,9,12,16-17H2/b20-10-/t25-,26+,29-,31-/m1/s1. The average Bonchev–Trinajstić information content (AvgIpc) is 3.57. The Kier molecular flexibility index (Phi) is 8.71. The number of hydrogen-bond donors (Lipinski definition) is 2. The first-order valence-corrected chi connectivity index (χ1v) is 15.0. The molecule has 1 aliphatic carbocycles. The Hall–Kier alpha value is -4.49. The molecule has 48 heavy (non-hydrogen) atoms. The van der Waals surface area contributed by atoms with Crippen LogP contribution in [0.4, 0.5) is 36.4 Å². The first kappa shape index (κ1) is 33.4. The Morgan fingerprint density at radius 3 is 2.17 bits per heavy atom. The number of phenols is 1. The molecule has 2 amide bonds. The molecule has 0 radical (unpaired) electrons. The molecule has 6 rings (SSSR count).